The fourth-order valence-corrected chi connectivity index (χ4v) is 6.76. The van der Waals surface area contributed by atoms with Gasteiger partial charge >= 0.3 is 0 Å². The Labute approximate surface area is 357 Å². The van der Waals surface area contributed by atoms with Crippen LogP contribution in [0.1, 0.15) is 110 Å². The summed E-state index contributed by atoms with van der Waals surface area (Å²) in [4.78, 5) is 9.72. The van der Waals surface area contributed by atoms with Gasteiger partial charge in [-0.25, -0.2) is 0 Å². The van der Waals surface area contributed by atoms with Crippen molar-refractivity contribution in [2.45, 2.75) is 78.4 Å². The van der Waals surface area contributed by atoms with Gasteiger partial charge in [0, 0.05) is 70.1 Å². The first-order chi connectivity index (χ1) is 29.5. The van der Waals surface area contributed by atoms with Gasteiger partial charge in [0.15, 0.2) is 0 Å². The highest BCUT2D eigenvalue weighted by Crippen LogP contribution is 2.27. The molecular formula is C56H52N2O2. The Morgan fingerprint density at radius 3 is 1.27 bits per heavy atom. The lowest BCUT2D eigenvalue weighted by molar-refractivity contribution is 0.117. The third-order valence-corrected chi connectivity index (χ3v) is 10.0. The number of ether oxygens (including phenoxy) is 2. The van der Waals surface area contributed by atoms with Gasteiger partial charge in [0.25, 0.3) is 0 Å². The molecule has 4 nitrogen and oxygen atoms in total. The molecule has 60 heavy (non-hydrogen) atoms. The fraction of sp³-hybridized carbons (Fsp3) is 0.250. The van der Waals surface area contributed by atoms with Gasteiger partial charge in [-0.2, -0.15) is 0 Å². The van der Waals surface area contributed by atoms with E-state index in [0.29, 0.717) is 13.2 Å². The average molecular weight is 785 g/mol. The molecule has 0 bridgehead atoms. The van der Waals surface area contributed by atoms with Crippen LogP contribution in [0.3, 0.4) is 0 Å². The number of pyridine rings is 2. The molecule has 0 N–H and O–H groups in total. The number of terminal acetylenes is 2. The van der Waals surface area contributed by atoms with Crippen LogP contribution in [-0.2, 0) is 22.7 Å². The number of benzene rings is 4. The van der Waals surface area contributed by atoms with Gasteiger partial charge < -0.3 is 9.47 Å². The summed E-state index contributed by atoms with van der Waals surface area (Å²) in [6, 6.07) is 36.5. The van der Waals surface area contributed by atoms with Gasteiger partial charge in [-0.05, 0) is 120 Å². The summed E-state index contributed by atoms with van der Waals surface area (Å²) in [7, 11) is 0. The Kier molecular flexibility index (Phi) is 16.5. The number of aromatic nitrogens is 2. The lowest BCUT2D eigenvalue weighted by Crippen LogP contribution is -1.97. The number of hydrogen-bond acceptors (Lipinski definition) is 4. The first kappa shape index (κ1) is 42.9. The van der Waals surface area contributed by atoms with Gasteiger partial charge in [0.05, 0.1) is 24.6 Å². The van der Waals surface area contributed by atoms with Crippen molar-refractivity contribution in [1.29, 1.82) is 0 Å². The van der Waals surface area contributed by atoms with E-state index in [4.69, 9.17) is 32.3 Å². The van der Waals surface area contributed by atoms with E-state index in [9.17, 15) is 0 Å². The van der Waals surface area contributed by atoms with Crippen molar-refractivity contribution >= 4 is 0 Å². The third-order valence-electron chi connectivity index (χ3n) is 10.0. The van der Waals surface area contributed by atoms with Gasteiger partial charge in [-0.15, -0.1) is 12.8 Å². The van der Waals surface area contributed by atoms with E-state index in [0.717, 1.165) is 104 Å². The van der Waals surface area contributed by atoms with E-state index in [1.807, 2.05) is 73.1 Å². The van der Waals surface area contributed by atoms with Crippen LogP contribution >= 0.6 is 0 Å². The topological polar surface area (TPSA) is 44.2 Å². The first-order valence-electron chi connectivity index (χ1n) is 21.1. The van der Waals surface area contributed by atoms with E-state index >= 15 is 0 Å². The Morgan fingerprint density at radius 1 is 0.433 bits per heavy atom. The molecule has 0 amide bonds. The van der Waals surface area contributed by atoms with Crippen molar-refractivity contribution in [3.05, 3.63) is 166 Å². The van der Waals surface area contributed by atoms with E-state index in [1.165, 1.54) is 38.5 Å². The highest BCUT2D eigenvalue weighted by molar-refractivity contribution is 5.71. The maximum Gasteiger partial charge on any atom is 0.0886 e. The van der Waals surface area contributed by atoms with Crippen molar-refractivity contribution in [3.63, 3.8) is 0 Å². The summed E-state index contributed by atoms with van der Waals surface area (Å²) in [5.41, 5.74) is 12.9. The Balaban J connectivity index is 1.22. The Bertz CT molecular complexity index is 2370. The molecule has 2 heterocycles. The highest BCUT2D eigenvalue weighted by atomic mass is 16.5. The zero-order valence-electron chi connectivity index (χ0n) is 34.9. The zero-order chi connectivity index (χ0) is 41.8. The summed E-state index contributed by atoms with van der Waals surface area (Å²) in [6.07, 6.45) is 24.4. The van der Waals surface area contributed by atoms with Crippen molar-refractivity contribution in [2.75, 3.05) is 13.2 Å². The zero-order valence-corrected chi connectivity index (χ0v) is 34.9. The monoisotopic (exact) mass is 784 g/mol. The van der Waals surface area contributed by atoms with E-state index in [-0.39, 0.29) is 0 Å². The molecule has 0 radical (unpaired) electrons. The molecular weight excluding hydrogens is 733 g/mol. The molecule has 0 aliphatic rings. The molecule has 0 fully saturated rings. The van der Waals surface area contributed by atoms with E-state index in [2.05, 4.69) is 97.9 Å². The van der Waals surface area contributed by atoms with Crippen LogP contribution < -0.4 is 0 Å². The maximum atomic E-state index is 6.10. The molecule has 0 aliphatic heterocycles. The predicted octanol–water partition coefficient (Wildman–Crippen LogP) is 12.4. The second kappa shape index (κ2) is 23.1. The quantitative estimate of drug-likeness (QED) is 0.0682. The van der Waals surface area contributed by atoms with Crippen LogP contribution in [0.5, 0.6) is 0 Å². The number of unbranched alkanes of at least 4 members (excludes halogenated alkanes) is 6. The molecule has 0 saturated carbocycles. The second-order valence-corrected chi connectivity index (χ2v) is 14.9. The minimum atomic E-state index is 0.520. The van der Waals surface area contributed by atoms with Crippen molar-refractivity contribution in [1.82, 2.24) is 9.97 Å². The summed E-state index contributed by atoms with van der Waals surface area (Å²) in [5, 5.41) is 0. The molecule has 2 aromatic heterocycles. The van der Waals surface area contributed by atoms with Crippen molar-refractivity contribution in [2.24, 2.45) is 0 Å². The molecule has 6 aromatic rings. The van der Waals surface area contributed by atoms with Crippen LogP contribution in [0.4, 0.5) is 0 Å². The van der Waals surface area contributed by atoms with Gasteiger partial charge in [-0.3, -0.25) is 9.97 Å². The maximum absolute atomic E-state index is 6.10. The van der Waals surface area contributed by atoms with Crippen molar-refractivity contribution < 1.29 is 9.47 Å². The highest BCUT2D eigenvalue weighted by Gasteiger charge is 2.09. The van der Waals surface area contributed by atoms with Crippen LogP contribution in [0.15, 0.2) is 122 Å². The van der Waals surface area contributed by atoms with Crippen LogP contribution in [0.2, 0.25) is 0 Å². The molecule has 6 rings (SSSR count). The fourth-order valence-electron chi connectivity index (χ4n) is 6.76. The van der Waals surface area contributed by atoms with Gasteiger partial charge in [0.1, 0.15) is 0 Å². The average Bonchev–Trinajstić information content (AvgIpc) is 3.30. The molecule has 4 aromatic carbocycles. The Hall–Kier alpha value is -6.66. The first-order valence-corrected chi connectivity index (χ1v) is 21.1. The van der Waals surface area contributed by atoms with Crippen LogP contribution in [-0.4, -0.2) is 23.2 Å². The molecule has 0 saturated heterocycles. The van der Waals surface area contributed by atoms with E-state index < -0.39 is 0 Å². The molecule has 4 heteroatoms. The minimum absolute atomic E-state index is 0.520. The van der Waals surface area contributed by atoms with E-state index in [1.54, 1.807) is 0 Å². The summed E-state index contributed by atoms with van der Waals surface area (Å²) < 4.78 is 12.2. The molecule has 298 valence electrons. The van der Waals surface area contributed by atoms with Gasteiger partial charge in [0.2, 0.25) is 0 Å². The predicted molar refractivity (Wildman–Crippen MR) is 247 cm³/mol. The van der Waals surface area contributed by atoms with Crippen LogP contribution in [0, 0.1) is 48.4 Å². The summed E-state index contributed by atoms with van der Waals surface area (Å²) in [5.74, 6) is 18.7. The normalized spacial score (nSPS) is 10.5. The summed E-state index contributed by atoms with van der Waals surface area (Å²) in [6.45, 7) is 6.96. The molecule has 0 atom stereocenters. The van der Waals surface area contributed by atoms with Crippen molar-refractivity contribution in [3.8, 4) is 82.0 Å². The number of rotatable bonds is 17. The standard InChI is InChI=1S/C56H52N2O2/c1-5-9-11-13-29-59-41-49-33-47(23-21-45-19-15-17-43(7-3)31-45)35-53(37-49)51-25-27-55(57-39-51)56-28-26-52(40-58-56)54-36-48(24-22-46-20-16-18-44(8-4)32-46)34-50(38-54)42-60-30-14-12-10-6-2/h3-4,15-20,25-28,31-40H,5-6,9-14,29-30,41-42H2,1-2H3. The molecule has 0 aliphatic carbocycles. The smallest absolute Gasteiger partial charge is 0.0886 e. The number of hydrogen-bond donors (Lipinski definition) is 0. The SMILES string of the molecule is C#Cc1cccc(C#Cc2cc(COCCCCCC)cc(-c3ccc(-c4ccc(-c5cc(C#Cc6cccc(C#C)c6)cc(COCCCCCC)c5)cn4)nc3)c2)c1. The van der Waals surface area contributed by atoms with Crippen LogP contribution in [0.25, 0.3) is 33.6 Å². The minimum Gasteiger partial charge on any atom is -0.377 e. The largest absolute Gasteiger partial charge is 0.377 e. The third kappa shape index (κ3) is 13.2. The lowest BCUT2D eigenvalue weighted by Gasteiger charge is -2.10. The molecule has 0 spiro atoms. The lowest BCUT2D eigenvalue weighted by atomic mass is 10.00. The molecule has 0 unspecified atom stereocenters. The second-order valence-electron chi connectivity index (χ2n) is 14.9. The Morgan fingerprint density at radius 2 is 0.867 bits per heavy atom. The number of nitrogens with zero attached hydrogens (tertiary/aromatic N) is 2. The van der Waals surface area contributed by atoms with Gasteiger partial charge in [-0.1, -0.05) is 112 Å². The summed E-state index contributed by atoms with van der Waals surface area (Å²) >= 11 is 0.